The number of Topliss-reactive ketones (excluding diaryl/α,β-unsaturated/α-hetero) is 1. The Morgan fingerprint density at radius 1 is 1.50 bits per heavy atom. The molecule has 2 atom stereocenters. The number of esters is 1. The Labute approximate surface area is 141 Å². The van der Waals surface area contributed by atoms with Gasteiger partial charge in [0.2, 0.25) is 11.6 Å². The molecule has 2 N–H and O–H groups in total. The highest BCUT2D eigenvalue weighted by Gasteiger charge is 2.48. The van der Waals surface area contributed by atoms with Gasteiger partial charge < -0.3 is 21.7 Å². The van der Waals surface area contributed by atoms with Gasteiger partial charge in [-0.3, -0.25) is 14.9 Å². The van der Waals surface area contributed by atoms with Gasteiger partial charge in [0.15, 0.2) is 5.60 Å². The lowest BCUT2D eigenvalue weighted by Crippen LogP contribution is -3.00. The first-order valence-electron chi connectivity index (χ1n) is 7.55. The zero-order chi connectivity index (χ0) is 15.3. The number of unbranched alkanes of at least 4 members (excludes halogenated alkanes) is 1. The number of pyridine rings is 1. The monoisotopic (exact) mass is 370 g/mol. The van der Waals surface area contributed by atoms with Crippen molar-refractivity contribution in [1.82, 2.24) is 4.98 Å². The molecule has 6 heteroatoms. The molecule has 2 rings (SSSR count). The van der Waals surface area contributed by atoms with Crippen LogP contribution in [-0.4, -0.2) is 28.9 Å². The van der Waals surface area contributed by atoms with E-state index in [2.05, 4.69) is 11.9 Å². The molecule has 1 aromatic heterocycles. The normalized spacial score (nSPS) is 23.7. The second-order valence-corrected chi connectivity index (χ2v) is 5.78. The third-order valence-corrected chi connectivity index (χ3v) is 3.98. The first kappa shape index (κ1) is 18.8. The fourth-order valence-corrected chi connectivity index (χ4v) is 2.65. The molecule has 0 aromatic carbocycles. The van der Waals surface area contributed by atoms with Gasteiger partial charge in [-0.25, -0.2) is 4.98 Å². The standard InChI is InChI=1S/C16H22N2O3.BrH/c1-3-4-7-12-10-16(2,21-15(12)20)13(19)11-18-14-8-5-6-9-17-14;/h5-6,8-9,12H,3-4,7,10-11H2,1-2H3,(H,17,18);1H. The topological polar surface area (TPSA) is 72.9 Å². The van der Waals surface area contributed by atoms with Crippen LogP contribution in [0.25, 0.3) is 0 Å². The molecular formula is C16H23BrN2O3. The molecule has 1 aromatic rings. The van der Waals surface area contributed by atoms with Crippen molar-refractivity contribution in [2.45, 2.75) is 45.1 Å². The molecule has 1 fully saturated rings. The van der Waals surface area contributed by atoms with E-state index in [1.165, 1.54) is 0 Å². The summed E-state index contributed by atoms with van der Waals surface area (Å²) in [6.07, 6.45) is 5.03. The van der Waals surface area contributed by atoms with Crippen molar-refractivity contribution in [2.24, 2.45) is 5.92 Å². The molecule has 122 valence electrons. The summed E-state index contributed by atoms with van der Waals surface area (Å²) in [6.45, 7) is 4.05. The number of carbonyl (C=O) groups excluding carboxylic acids is 2. The summed E-state index contributed by atoms with van der Waals surface area (Å²) >= 11 is 0. The summed E-state index contributed by atoms with van der Waals surface area (Å²) in [4.78, 5) is 28.4. The minimum absolute atomic E-state index is 0. The molecule has 5 nitrogen and oxygen atoms in total. The summed E-state index contributed by atoms with van der Waals surface area (Å²) in [7, 11) is 0. The number of halogens is 1. The number of ketones is 1. The van der Waals surface area contributed by atoms with Gasteiger partial charge in [-0.2, -0.15) is 0 Å². The van der Waals surface area contributed by atoms with Crippen LogP contribution in [0.2, 0.25) is 0 Å². The van der Waals surface area contributed by atoms with Gasteiger partial charge in [0.25, 0.3) is 0 Å². The van der Waals surface area contributed by atoms with E-state index >= 15 is 0 Å². The number of ether oxygens (including phenoxy) is 1. The Balaban J connectivity index is 0.00000242. The Morgan fingerprint density at radius 3 is 2.91 bits per heavy atom. The minimum Gasteiger partial charge on any atom is -1.00 e. The highest BCUT2D eigenvalue weighted by atomic mass is 79.9. The molecule has 0 saturated carbocycles. The van der Waals surface area contributed by atoms with E-state index in [1.807, 2.05) is 18.2 Å². The highest BCUT2D eigenvalue weighted by Crippen LogP contribution is 2.34. The Morgan fingerprint density at radius 2 is 2.27 bits per heavy atom. The van der Waals surface area contributed by atoms with Crippen LogP contribution in [-0.2, 0) is 14.3 Å². The number of carbonyl (C=O) groups is 2. The molecule has 0 amide bonds. The van der Waals surface area contributed by atoms with E-state index in [9.17, 15) is 9.59 Å². The average molecular weight is 371 g/mol. The maximum absolute atomic E-state index is 12.4. The molecule has 0 bridgehead atoms. The lowest BCUT2D eigenvalue weighted by Gasteiger charge is -2.19. The number of hydrogen-bond acceptors (Lipinski definition) is 4. The maximum atomic E-state index is 12.4. The zero-order valence-electron chi connectivity index (χ0n) is 13.0. The molecule has 1 aliphatic rings. The molecule has 0 spiro atoms. The van der Waals surface area contributed by atoms with Crippen LogP contribution in [0.15, 0.2) is 24.4 Å². The first-order chi connectivity index (χ1) is 10.0. The van der Waals surface area contributed by atoms with Gasteiger partial charge in [0.05, 0.1) is 5.92 Å². The zero-order valence-corrected chi connectivity index (χ0v) is 14.6. The van der Waals surface area contributed by atoms with Crippen LogP contribution in [0.5, 0.6) is 0 Å². The SMILES string of the molecule is CCCCC1CC(C)(C(=O)C[NH2+]c2ccccn2)OC1=O.[Br-]. The number of aromatic nitrogens is 1. The van der Waals surface area contributed by atoms with Crippen LogP contribution in [0.4, 0.5) is 5.82 Å². The lowest BCUT2D eigenvalue weighted by molar-refractivity contribution is -0.563. The van der Waals surface area contributed by atoms with Crippen LogP contribution < -0.4 is 22.3 Å². The third-order valence-electron chi connectivity index (χ3n) is 3.98. The fourth-order valence-electron chi connectivity index (χ4n) is 2.65. The predicted octanol–water partition coefficient (Wildman–Crippen LogP) is -1.64. The van der Waals surface area contributed by atoms with Crippen molar-refractivity contribution in [3.63, 3.8) is 0 Å². The predicted molar refractivity (Wildman–Crippen MR) is 77.8 cm³/mol. The number of hydrogen-bond donors (Lipinski definition) is 1. The Bertz CT molecular complexity index is 509. The van der Waals surface area contributed by atoms with Crippen LogP contribution in [0.1, 0.15) is 39.5 Å². The molecule has 1 aliphatic heterocycles. The molecule has 0 aliphatic carbocycles. The molecule has 2 heterocycles. The van der Waals surface area contributed by atoms with Crippen molar-refractivity contribution in [1.29, 1.82) is 0 Å². The molecule has 0 radical (unpaired) electrons. The largest absolute Gasteiger partial charge is 1.00 e. The Kier molecular flexibility index (Phi) is 7.16. The van der Waals surface area contributed by atoms with E-state index in [0.717, 1.165) is 25.1 Å². The second-order valence-electron chi connectivity index (χ2n) is 5.78. The first-order valence-corrected chi connectivity index (χ1v) is 7.55. The van der Waals surface area contributed by atoms with Crippen molar-refractivity contribution in [3.05, 3.63) is 24.4 Å². The fraction of sp³-hybridized carbons (Fsp3) is 0.562. The number of rotatable bonds is 7. The highest BCUT2D eigenvalue weighted by molar-refractivity contribution is 5.93. The van der Waals surface area contributed by atoms with Gasteiger partial charge in [-0.05, 0) is 19.4 Å². The third kappa shape index (κ3) is 4.61. The second kappa shape index (κ2) is 8.39. The van der Waals surface area contributed by atoms with E-state index in [0.29, 0.717) is 6.42 Å². The number of cyclic esters (lactones) is 1. The smallest absolute Gasteiger partial charge is 0.310 e. The summed E-state index contributed by atoms with van der Waals surface area (Å²) in [5.74, 6) is 0.354. The maximum Gasteiger partial charge on any atom is 0.310 e. The average Bonchev–Trinajstić information content (AvgIpc) is 2.79. The number of nitrogens with zero attached hydrogens (tertiary/aromatic N) is 1. The van der Waals surface area contributed by atoms with Crippen molar-refractivity contribution >= 4 is 17.6 Å². The van der Waals surface area contributed by atoms with E-state index < -0.39 is 5.60 Å². The van der Waals surface area contributed by atoms with Gasteiger partial charge in [-0.15, -0.1) is 0 Å². The van der Waals surface area contributed by atoms with Gasteiger partial charge >= 0.3 is 5.97 Å². The van der Waals surface area contributed by atoms with E-state index in [4.69, 9.17) is 4.74 Å². The van der Waals surface area contributed by atoms with Crippen LogP contribution >= 0.6 is 0 Å². The number of quaternary nitrogens is 1. The van der Waals surface area contributed by atoms with Crippen molar-refractivity contribution in [2.75, 3.05) is 6.54 Å². The summed E-state index contributed by atoms with van der Waals surface area (Å²) in [5.41, 5.74) is -0.971. The minimum atomic E-state index is -0.971. The molecule has 1 saturated heterocycles. The quantitative estimate of drug-likeness (QED) is 0.584. The van der Waals surface area contributed by atoms with Crippen LogP contribution in [0.3, 0.4) is 0 Å². The van der Waals surface area contributed by atoms with Crippen LogP contribution in [0, 0.1) is 5.92 Å². The molecule has 22 heavy (non-hydrogen) atoms. The van der Waals surface area contributed by atoms with Gasteiger partial charge in [0, 0.05) is 18.7 Å². The van der Waals surface area contributed by atoms with Gasteiger partial charge in [-0.1, -0.05) is 25.8 Å². The molecular weight excluding hydrogens is 348 g/mol. The van der Waals surface area contributed by atoms with E-state index in [1.54, 1.807) is 18.4 Å². The van der Waals surface area contributed by atoms with Gasteiger partial charge in [0.1, 0.15) is 6.54 Å². The van der Waals surface area contributed by atoms with E-state index in [-0.39, 0.29) is 41.2 Å². The summed E-state index contributed by atoms with van der Waals surface area (Å²) in [5, 5.41) is 1.78. The Hall–Kier alpha value is -1.27. The van der Waals surface area contributed by atoms with Crippen molar-refractivity contribution in [3.8, 4) is 0 Å². The summed E-state index contributed by atoms with van der Waals surface area (Å²) < 4.78 is 5.38. The lowest BCUT2D eigenvalue weighted by atomic mass is 9.89. The summed E-state index contributed by atoms with van der Waals surface area (Å²) in [6, 6.07) is 5.55. The number of nitrogens with two attached hydrogens (primary N) is 1. The molecule has 2 unspecified atom stereocenters. The van der Waals surface area contributed by atoms with Crippen molar-refractivity contribution < 1.29 is 36.6 Å².